The summed E-state index contributed by atoms with van der Waals surface area (Å²) >= 11 is 5.84. The molecule has 31 heavy (non-hydrogen) atoms. The molecule has 0 atom stereocenters. The molecule has 1 heterocycles. The number of para-hydroxylation sites is 1. The Balaban J connectivity index is 1.58. The smallest absolute Gasteiger partial charge is 0.340 e. The SMILES string of the molecule is NC(=O)C1CCN(C(=O)COC(=O)c2ccccc2NC(=O)c2ccc(Cl)cc2)CC1. The molecule has 3 amide bonds. The number of esters is 1. The summed E-state index contributed by atoms with van der Waals surface area (Å²) < 4.78 is 5.17. The van der Waals surface area contributed by atoms with Gasteiger partial charge in [-0.15, -0.1) is 0 Å². The van der Waals surface area contributed by atoms with Crippen molar-refractivity contribution in [1.29, 1.82) is 0 Å². The minimum absolute atomic E-state index is 0.130. The maximum absolute atomic E-state index is 12.5. The molecule has 1 saturated heterocycles. The van der Waals surface area contributed by atoms with Gasteiger partial charge >= 0.3 is 5.97 Å². The van der Waals surface area contributed by atoms with E-state index in [1.54, 1.807) is 47.4 Å². The largest absolute Gasteiger partial charge is 0.452 e. The van der Waals surface area contributed by atoms with E-state index in [2.05, 4.69) is 5.32 Å². The second-order valence-corrected chi connectivity index (χ2v) is 7.58. The number of benzene rings is 2. The Kier molecular flexibility index (Phi) is 7.25. The monoisotopic (exact) mass is 443 g/mol. The predicted octanol–water partition coefficient (Wildman–Crippen LogP) is 2.47. The van der Waals surface area contributed by atoms with Gasteiger partial charge in [0.25, 0.3) is 11.8 Å². The molecular formula is C22H22ClN3O5. The summed E-state index contributed by atoms with van der Waals surface area (Å²) in [7, 11) is 0. The molecule has 8 nitrogen and oxygen atoms in total. The Morgan fingerprint density at radius 1 is 1.03 bits per heavy atom. The number of likely N-dealkylation sites (tertiary alicyclic amines) is 1. The first-order valence-corrected chi connectivity index (χ1v) is 10.1. The highest BCUT2D eigenvalue weighted by molar-refractivity contribution is 6.30. The molecule has 1 aliphatic rings. The quantitative estimate of drug-likeness (QED) is 0.665. The average Bonchev–Trinajstić information content (AvgIpc) is 2.78. The van der Waals surface area contributed by atoms with Crippen molar-refractivity contribution in [3.8, 4) is 0 Å². The second kappa shape index (κ2) is 10.1. The van der Waals surface area contributed by atoms with Gasteiger partial charge in [0.05, 0.1) is 11.3 Å². The fourth-order valence-corrected chi connectivity index (χ4v) is 3.40. The van der Waals surface area contributed by atoms with Gasteiger partial charge in [0.2, 0.25) is 5.91 Å². The number of halogens is 1. The molecule has 0 saturated carbocycles. The van der Waals surface area contributed by atoms with Crippen LogP contribution in [0.25, 0.3) is 0 Å². The number of ether oxygens (including phenoxy) is 1. The third kappa shape index (κ3) is 5.82. The molecule has 3 N–H and O–H groups in total. The van der Waals surface area contributed by atoms with E-state index in [0.29, 0.717) is 36.5 Å². The van der Waals surface area contributed by atoms with E-state index in [1.807, 2.05) is 0 Å². The van der Waals surface area contributed by atoms with Crippen molar-refractivity contribution in [3.05, 3.63) is 64.7 Å². The fourth-order valence-electron chi connectivity index (χ4n) is 3.28. The number of hydrogen-bond acceptors (Lipinski definition) is 5. The van der Waals surface area contributed by atoms with Crippen LogP contribution in [-0.4, -0.2) is 48.3 Å². The number of hydrogen-bond donors (Lipinski definition) is 2. The van der Waals surface area contributed by atoms with Crippen LogP contribution in [0.1, 0.15) is 33.6 Å². The molecular weight excluding hydrogens is 422 g/mol. The molecule has 2 aromatic rings. The average molecular weight is 444 g/mol. The maximum atomic E-state index is 12.5. The molecule has 3 rings (SSSR count). The summed E-state index contributed by atoms with van der Waals surface area (Å²) in [5, 5.41) is 3.18. The molecule has 0 aliphatic carbocycles. The van der Waals surface area contributed by atoms with Crippen LogP contribution < -0.4 is 11.1 Å². The lowest BCUT2D eigenvalue weighted by Crippen LogP contribution is -2.43. The van der Waals surface area contributed by atoms with Crippen molar-refractivity contribution in [2.75, 3.05) is 25.0 Å². The minimum atomic E-state index is -0.729. The van der Waals surface area contributed by atoms with Crippen LogP contribution in [0.5, 0.6) is 0 Å². The first kappa shape index (κ1) is 22.3. The lowest BCUT2D eigenvalue weighted by molar-refractivity contribution is -0.137. The number of amides is 3. The summed E-state index contributed by atoms with van der Waals surface area (Å²) in [5.41, 5.74) is 6.07. The van der Waals surface area contributed by atoms with Crippen molar-refractivity contribution >= 4 is 41.0 Å². The number of rotatable bonds is 6. The van der Waals surface area contributed by atoms with Gasteiger partial charge in [0.15, 0.2) is 6.61 Å². The van der Waals surface area contributed by atoms with Crippen molar-refractivity contribution in [3.63, 3.8) is 0 Å². The second-order valence-electron chi connectivity index (χ2n) is 7.14. The van der Waals surface area contributed by atoms with E-state index in [-0.39, 0.29) is 29.0 Å². The standard InChI is InChI=1S/C22H22ClN3O5/c23-16-7-5-15(6-8-16)21(29)25-18-4-2-1-3-17(18)22(30)31-13-19(27)26-11-9-14(10-12-26)20(24)28/h1-8,14H,9-13H2,(H2,24,28)(H,25,29). The Hall–Kier alpha value is -3.39. The van der Waals surface area contributed by atoms with Gasteiger partial charge in [0, 0.05) is 29.6 Å². The van der Waals surface area contributed by atoms with Crippen molar-refractivity contribution in [2.24, 2.45) is 11.7 Å². The van der Waals surface area contributed by atoms with Crippen molar-refractivity contribution in [2.45, 2.75) is 12.8 Å². The molecule has 0 aromatic heterocycles. The van der Waals surface area contributed by atoms with E-state index in [9.17, 15) is 19.2 Å². The first-order valence-electron chi connectivity index (χ1n) is 9.75. The number of nitrogens with zero attached hydrogens (tertiary/aromatic N) is 1. The number of anilines is 1. The normalized spacial score (nSPS) is 14.0. The third-order valence-corrected chi connectivity index (χ3v) is 5.33. The Morgan fingerprint density at radius 3 is 2.32 bits per heavy atom. The number of nitrogens with one attached hydrogen (secondary N) is 1. The van der Waals surface area contributed by atoms with Crippen molar-refractivity contribution in [1.82, 2.24) is 4.90 Å². The molecule has 0 radical (unpaired) electrons. The Morgan fingerprint density at radius 2 is 1.68 bits per heavy atom. The topological polar surface area (TPSA) is 119 Å². The number of nitrogens with two attached hydrogens (primary N) is 1. The molecule has 9 heteroatoms. The molecule has 1 aliphatic heterocycles. The van der Waals surface area contributed by atoms with Gasteiger partial charge in [-0.2, -0.15) is 0 Å². The highest BCUT2D eigenvalue weighted by atomic mass is 35.5. The zero-order valence-corrected chi connectivity index (χ0v) is 17.4. The number of carbonyl (C=O) groups is 4. The number of piperidine rings is 1. The van der Waals surface area contributed by atoms with Crippen LogP contribution in [0.2, 0.25) is 5.02 Å². The fraction of sp³-hybridized carbons (Fsp3) is 0.273. The van der Waals surface area contributed by atoms with Crippen LogP contribution in [-0.2, 0) is 14.3 Å². The zero-order valence-electron chi connectivity index (χ0n) is 16.7. The van der Waals surface area contributed by atoms with E-state index < -0.39 is 18.5 Å². The van der Waals surface area contributed by atoms with E-state index in [4.69, 9.17) is 22.1 Å². The number of carbonyl (C=O) groups excluding carboxylic acids is 4. The van der Waals surface area contributed by atoms with Crippen molar-refractivity contribution < 1.29 is 23.9 Å². The highest BCUT2D eigenvalue weighted by Crippen LogP contribution is 2.19. The third-order valence-electron chi connectivity index (χ3n) is 5.08. The summed E-state index contributed by atoms with van der Waals surface area (Å²) in [4.78, 5) is 50.1. The Labute approximate surface area is 184 Å². The molecule has 0 spiro atoms. The van der Waals surface area contributed by atoms with Gasteiger partial charge in [-0.1, -0.05) is 23.7 Å². The lowest BCUT2D eigenvalue weighted by atomic mass is 9.96. The van der Waals surface area contributed by atoms with Crippen LogP contribution in [0.4, 0.5) is 5.69 Å². The lowest BCUT2D eigenvalue weighted by Gasteiger charge is -2.30. The van der Waals surface area contributed by atoms with Gasteiger partial charge in [-0.25, -0.2) is 4.79 Å². The first-order chi connectivity index (χ1) is 14.8. The maximum Gasteiger partial charge on any atom is 0.340 e. The van der Waals surface area contributed by atoms with Gasteiger partial charge in [-0.05, 0) is 49.2 Å². The molecule has 0 unspecified atom stereocenters. The van der Waals surface area contributed by atoms with E-state index in [1.165, 1.54) is 6.07 Å². The zero-order chi connectivity index (χ0) is 22.4. The van der Waals surface area contributed by atoms with Crippen LogP contribution in [0.3, 0.4) is 0 Å². The predicted molar refractivity (Wildman–Crippen MR) is 115 cm³/mol. The summed E-state index contributed by atoms with van der Waals surface area (Å²) in [6.07, 6.45) is 0.989. The molecule has 0 bridgehead atoms. The summed E-state index contributed by atoms with van der Waals surface area (Å²) in [6.45, 7) is 0.342. The minimum Gasteiger partial charge on any atom is -0.452 e. The number of primary amides is 1. The molecule has 2 aromatic carbocycles. The molecule has 162 valence electrons. The summed E-state index contributed by atoms with van der Waals surface area (Å²) in [6, 6.07) is 12.7. The van der Waals surface area contributed by atoms with E-state index in [0.717, 1.165) is 0 Å². The van der Waals surface area contributed by atoms with Crippen LogP contribution >= 0.6 is 11.6 Å². The Bertz CT molecular complexity index is 985. The summed E-state index contributed by atoms with van der Waals surface area (Å²) in [5.74, 6) is -2.09. The molecule has 1 fully saturated rings. The van der Waals surface area contributed by atoms with Gasteiger partial charge in [-0.3, -0.25) is 14.4 Å². The highest BCUT2D eigenvalue weighted by Gasteiger charge is 2.26. The van der Waals surface area contributed by atoms with Gasteiger partial charge < -0.3 is 20.7 Å². The van der Waals surface area contributed by atoms with Crippen LogP contribution in [0, 0.1) is 5.92 Å². The van der Waals surface area contributed by atoms with Crippen LogP contribution in [0.15, 0.2) is 48.5 Å². The van der Waals surface area contributed by atoms with Gasteiger partial charge in [0.1, 0.15) is 0 Å². The van der Waals surface area contributed by atoms with E-state index >= 15 is 0 Å².